The van der Waals surface area contributed by atoms with Crippen molar-refractivity contribution in [1.29, 1.82) is 0 Å². The van der Waals surface area contributed by atoms with E-state index in [4.69, 9.17) is 0 Å². The lowest BCUT2D eigenvalue weighted by molar-refractivity contribution is 0.792. The lowest BCUT2D eigenvalue weighted by Gasteiger charge is -2.10. The van der Waals surface area contributed by atoms with Gasteiger partial charge in [0.1, 0.15) is 0 Å². The van der Waals surface area contributed by atoms with Crippen LogP contribution in [0, 0.1) is 6.92 Å². The van der Waals surface area contributed by atoms with Gasteiger partial charge in [-0.1, -0.05) is 40.7 Å². The maximum absolute atomic E-state index is 4.54. The van der Waals surface area contributed by atoms with Crippen molar-refractivity contribution in [3.05, 3.63) is 29.1 Å². The molecule has 0 aliphatic rings. The molecule has 0 saturated heterocycles. The molecule has 1 heterocycles. The summed E-state index contributed by atoms with van der Waals surface area (Å²) in [5, 5.41) is 0. The smallest absolute Gasteiger partial charge is 0.0464 e. The zero-order valence-electron chi connectivity index (χ0n) is 10.4. The molecule has 0 radical (unpaired) electrons. The first-order valence-electron chi connectivity index (χ1n) is 5.61. The molecule has 0 N–H and O–H groups in total. The Hall–Kier alpha value is -0.850. The van der Waals surface area contributed by atoms with Crippen LogP contribution in [-0.2, 0) is 6.42 Å². The predicted molar refractivity (Wildman–Crippen MR) is 63.8 cm³/mol. The molecule has 0 spiro atoms. The molecule has 0 amide bonds. The van der Waals surface area contributed by atoms with Gasteiger partial charge in [-0.2, -0.15) is 0 Å². The van der Waals surface area contributed by atoms with Crippen molar-refractivity contribution in [2.75, 3.05) is 0 Å². The van der Waals surface area contributed by atoms with Crippen LogP contribution in [-0.4, -0.2) is 4.98 Å². The second-order valence-electron chi connectivity index (χ2n) is 3.51. The first kappa shape index (κ1) is 13.2. The van der Waals surface area contributed by atoms with Gasteiger partial charge in [0.25, 0.3) is 0 Å². The summed E-state index contributed by atoms with van der Waals surface area (Å²) in [5.41, 5.74) is 3.77. The fourth-order valence-corrected chi connectivity index (χ4v) is 1.40. The minimum atomic E-state index is 0.542. The Labute approximate surface area is 88.6 Å². The van der Waals surface area contributed by atoms with Crippen molar-refractivity contribution < 1.29 is 0 Å². The molecule has 1 aromatic rings. The third-order valence-corrected chi connectivity index (χ3v) is 2.08. The lowest BCUT2D eigenvalue weighted by Crippen LogP contribution is -2.00. The number of rotatable bonds is 2. The zero-order valence-corrected chi connectivity index (χ0v) is 10.4. The van der Waals surface area contributed by atoms with E-state index in [1.165, 1.54) is 11.3 Å². The zero-order chi connectivity index (χ0) is 11.1. The largest absolute Gasteiger partial charge is 0.258 e. The second kappa shape index (κ2) is 6.58. The van der Waals surface area contributed by atoms with E-state index in [9.17, 15) is 0 Å². The molecule has 14 heavy (non-hydrogen) atoms. The Morgan fingerprint density at radius 2 is 1.79 bits per heavy atom. The van der Waals surface area contributed by atoms with Gasteiger partial charge in [-0.05, 0) is 30.9 Å². The Bertz CT molecular complexity index is 264. The second-order valence-corrected chi connectivity index (χ2v) is 3.51. The maximum Gasteiger partial charge on any atom is 0.0464 e. The van der Waals surface area contributed by atoms with E-state index in [0.717, 1.165) is 12.1 Å². The first-order valence-corrected chi connectivity index (χ1v) is 5.61. The number of hydrogen-bond donors (Lipinski definition) is 0. The van der Waals surface area contributed by atoms with Gasteiger partial charge < -0.3 is 0 Å². The summed E-state index contributed by atoms with van der Waals surface area (Å²) in [7, 11) is 0. The lowest BCUT2D eigenvalue weighted by atomic mass is 10.0. The fraction of sp³-hybridized carbons (Fsp3) is 0.615. The molecule has 0 aliphatic carbocycles. The van der Waals surface area contributed by atoms with Crippen molar-refractivity contribution in [2.24, 2.45) is 0 Å². The minimum Gasteiger partial charge on any atom is -0.258 e. The van der Waals surface area contributed by atoms with Crippen molar-refractivity contribution in [3.8, 4) is 0 Å². The van der Waals surface area contributed by atoms with Crippen LogP contribution in [0.2, 0.25) is 0 Å². The summed E-state index contributed by atoms with van der Waals surface area (Å²) in [6, 6.07) is 4.28. The van der Waals surface area contributed by atoms with Gasteiger partial charge in [0, 0.05) is 11.4 Å². The topological polar surface area (TPSA) is 12.9 Å². The number of aromatic nitrogens is 1. The summed E-state index contributed by atoms with van der Waals surface area (Å²) >= 11 is 0. The maximum atomic E-state index is 4.54. The minimum absolute atomic E-state index is 0.542. The molecule has 0 fully saturated rings. The van der Waals surface area contributed by atoms with Crippen LogP contribution in [0.5, 0.6) is 0 Å². The fourth-order valence-electron chi connectivity index (χ4n) is 1.40. The van der Waals surface area contributed by atoms with Crippen LogP contribution in [0.15, 0.2) is 12.1 Å². The average Bonchev–Trinajstić information content (AvgIpc) is 2.20. The Morgan fingerprint density at radius 3 is 2.21 bits per heavy atom. The molecule has 1 rings (SSSR count). The van der Waals surface area contributed by atoms with Crippen LogP contribution < -0.4 is 0 Å². The molecular weight excluding hydrogens is 170 g/mol. The molecule has 1 aromatic heterocycles. The molecule has 1 nitrogen and oxygen atoms in total. The molecule has 0 atom stereocenters. The van der Waals surface area contributed by atoms with Crippen LogP contribution in [0.25, 0.3) is 0 Å². The molecule has 80 valence electrons. The van der Waals surface area contributed by atoms with E-state index in [2.05, 4.69) is 37.9 Å². The van der Waals surface area contributed by atoms with E-state index >= 15 is 0 Å². The molecule has 0 aromatic carbocycles. The quantitative estimate of drug-likeness (QED) is 0.689. The normalized spacial score (nSPS) is 9.64. The van der Waals surface area contributed by atoms with Crippen LogP contribution in [0.3, 0.4) is 0 Å². The molecular formula is C13H23N. The summed E-state index contributed by atoms with van der Waals surface area (Å²) in [4.78, 5) is 4.54. The third kappa shape index (κ3) is 3.49. The van der Waals surface area contributed by atoms with Crippen molar-refractivity contribution in [1.82, 2.24) is 4.98 Å². The highest BCUT2D eigenvalue weighted by Gasteiger charge is 2.06. The Balaban J connectivity index is 0.000000791. The van der Waals surface area contributed by atoms with Gasteiger partial charge in [-0.15, -0.1) is 0 Å². The molecule has 0 bridgehead atoms. The molecule has 0 unspecified atom stereocenters. The van der Waals surface area contributed by atoms with E-state index < -0.39 is 0 Å². The summed E-state index contributed by atoms with van der Waals surface area (Å²) in [6.45, 7) is 12.6. The highest BCUT2D eigenvalue weighted by molar-refractivity contribution is 5.24. The van der Waals surface area contributed by atoms with Gasteiger partial charge in [0.05, 0.1) is 0 Å². The molecule has 0 saturated carbocycles. The van der Waals surface area contributed by atoms with E-state index in [1.54, 1.807) is 0 Å². The first-order chi connectivity index (χ1) is 6.65. The van der Waals surface area contributed by atoms with Gasteiger partial charge in [-0.3, -0.25) is 4.98 Å². The average molecular weight is 193 g/mol. The van der Waals surface area contributed by atoms with Gasteiger partial charge >= 0.3 is 0 Å². The third-order valence-electron chi connectivity index (χ3n) is 2.08. The number of aryl methyl sites for hydroxylation is 2. The predicted octanol–water partition coefficient (Wildman–Crippen LogP) is 4.10. The molecule has 1 heteroatoms. The van der Waals surface area contributed by atoms with E-state index in [-0.39, 0.29) is 0 Å². The van der Waals surface area contributed by atoms with Crippen LogP contribution >= 0.6 is 0 Å². The summed E-state index contributed by atoms with van der Waals surface area (Å²) < 4.78 is 0. The number of pyridine rings is 1. The summed E-state index contributed by atoms with van der Waals surface area (Å²) in [6.07, 6.45) is 1.08. The number of nitrogens with zero attached hydrogens (tertiary/aromatic N) is 1. The van der Waals surface area contributed by atoms with Crippen LogP contribution in [0.1, 0.15) is 57.5 Å². The highest BCUT2D eigenvalue weighted by Crippen LogP contribution is 2.17. The van der Waals surface area contributed by atoms with Gasteiger partial charge in [-0.25, -0.2) is 0 Å². The van der Waals surface area contributed by atoms with Crippen LogP contribution in [0.4, 0.5) is 0 Å². The molecule has 0 aliphatic heterocycles. The van der Waals surface area contributed by atoms with Gasteiger partial charge in [0.15, 0.2) is 0 Å². The monoisotopic (exact) mass is 193 g/mol. The van der Waals surface area contributed by atoms with Crippen molar-refractivity contribution in [2.45, 2.75) is 53.9 Å². The Morgan fingerprint density at radius 1 is 1.21 bits per heavy atom. The van der Waals surface area contributed by atoms with E-state index in [0.29, 0.717) is 5.92 Å². The standard InChI is InChI=1S/C11H17N.C2H6/c1-5-10-7-6-9(4)12-11(10)8(2)3;1-2/h6-8H,5H2,1-4H3;1-2H3. The van der Waals surface area contributed by atoms with Crippen molar-refractivity contribution in [3.63, 3.8) is 0 Å². The highest BCUT2D eigenvalue weighted by atomic mass is 14.7. The Kier molecular flexibility index (Phi) is 6.18. The number of hydrogen-bond acceptors (Lipinski definition) is 1. The summed E-state index contributed by atoms with van der Waals surface area (Å²) in [5.74, 6) is 0.542. The van der Waals surface area contributed by atoms with Gasteiger partial charge in [0.2, 0.25) is 0 Å². The van der Waals surface area contributed by atoms with E-state index in [1.807, 2.05) is 20.8 Å². The SMILES string of the molecule is CC.CCc1ccc(C)nc1C(C)C. The van der Waals surface area contributed by atoms with Crippen molar-refractivity contribution >= 4 is 0 Å².